The van der Waals surface area contributed by atoms with Crippen LogP contribution in [0.2, 0.25) is 0 Å². The van der Waals surface area contributed by atoms with Crippen LogP contribution in [0.15, 0.2) is 41.0 Å². The summed E-state index contributed by atoms with van der Waals surface area (Å²) in [5.74, 6) is 0.804. The first-order valence-corrected chi connectivity index (χ1v) is 6.80. The third-order valence-electron chi connectivity index (χ3n) is 3.67. The highest BCUT2D eigenvalue weighted by Crippen LogP contribution is 2.29. The number of nitro groups is 1. The Labute approximate surface area is 122 Å². The van der Waals surface area contributed by atoms with Gasteiger partial charge in [0.2, 0.25) is 0 Å². The van der Waals surface area contributed by atoms with Crippen LogP contribution >= 0.6 is 0 Å². The number of furan rings is 1. The predicted octanol–water partition coefficient (Wildman–Crippen LogP) is 3.07. The van der Waals surface area contributed by atoms with Gasteiger partial charge in [-0.1, -0.05) is 0 Å². The van der Waals surface area contributed by atoms with Crippen molar-refractivity contribution in [2.45, 2.75) is 13.0 Å². The van der Waals surface area contributed by atoms with Crippen molar-refractivity contribution in [3.8, 4) is 0 Å². The van der Waals surface area contributed by atoms with E-state index in [1.165, 1.54) is 0 Å². The van der Waals surface area contributed by atoms with Crippen LogP contribution in [-0.2, 0) is 4.74 Å². The monoisotopic (exact) mass is 288 g/mol. The number of benzene rings is 1. The number of rotatable bonds is 3. The molecule has 6 heteroatoms. The minimum Gasteiger partial charge on any atom is -0.467 e. The Morgan fingerprint density at radius 2 is 2.24 bits per heavy atom. The number of hydrogen-bond acceptors (Lipinski definition) is 5. The molecule has 1 aromatic heterocycles. The van der Waals surface area contributed by atoms with Gasteiger partial charge in [-0.2, -0.15) is 0 Å². The van der Waals surface area contributed by atoms with Gasteiger partial charge in [0.25, 0.3) is 5.69 Å². The minimum atomic E-state index is -0.357. The summed E-state index contributed by atoms with van der Waals surface area (Å²) < 4.78 is 11.1. The summed E-state index contributed by atoms with van der Waals surface area (Å²) in [6, 6.07) is 8.93. The van der Waals surface area contributed by atoms with Crippen LogP contribution in [0.3, 0.4) is 0 Å². The van der Waals surface area contributed by atoms with Gasteiger partial charge in [-0.15, -0.1) is 0 Å². The number of morpholine rings is 1. The van der Waals surface area contributed by atoms with Crippen LogP contribution in [0.25, 0.3) is 0 Å². The molecule has 1 aliphatic rings. The molecular weight excluding hydrogens is 272 g/mol. The largest absolute Gasteiger partial charge is 0.467 e. The summed E-state index contributed by atoms with van der Waals surface area (Å²) in [5.41, 5.74) is 1.78. The molecule has 1 saturated heterocycles. The van der Waals surface area contributed by atoms with Gasteiger partial charge in [0.15, 0.2) is 0 Å². The lowest BCUT2D eigenvalue weighted by Crippen LogP contribution is -2.38. The zero-order valence-electron chi connectivity index (χ0n) is 11.7. The molecule has 6 nitrogen and oxygen atoms in total. The summed E-state index contributed by atoms with van der Waals surface area (Å²) in [7, 11) is 0. The zero-order valence-corrected chi connectivity index (χ0v) is 11.7. The Morgan fingerprint density at radius 3 is 2.90 bits per heavy atom. The van der Waals surface area contributed by atoms with E-state index in [1.807, 2.05) is 18.2 Å². The van der Waals surface area contributed by atoms with Crippen LogP contribution in [-0.4, -0.2) is 24.6 Å². The quantitative estimate of drug-likeness (QED) is 0.641. The molecular formula is C15H16N2O4. The van der Waals surface area contributed by atoms with Crippen molar-refractivity contribution in [3.63, 3.8) is 0 Å². The third-order valence-corrected chi connectivity index (χ3v) is 3.67. The Balaban J connectivity index is 1.80. The topological polar surface area (TPSA) is 68.8 Å². The SMILES string of the molecule is Cc1cc(N2CCOC(c3ccco3)C2)ccc1[N+](=O)[O-]. The number of aryl methyl sites for hydroxylation is 1. The second-order valence-electron chi connectivity index (χ2n) is 5.05. The lowest BCUT2D eigenvalue weighted by molar-refractivity contribution is -0.385. The first-order valence-electron chi connectivity index (χ1n) is 6.80. The molecule has 110 valence electrons. The summed E-state index contributed by atoms with van der Waals surface area (Å²) in [6.07, 6.45) is 1.53. The average molecular weight is 288 g/mol. The molecule has 0 aliphatic carbocycles. The molecule has 1 atom stereocenters. The fourth-order valence-electron chi connectivity index (χ4n) is 2.57. The number of nitro benzene ring substituents is 1. The molecule has 0 saturated carbocycles. The predicted molar refractivity (Wildman–Crippen MR) is 77.4 cm³/mol. The molecule has 0 spiro atoms. The second-order valence-corrected chi connectivity index (χ2v) is 5.05. The van der Waals surface area contributed by atoms with Crippen molar-refractivity contribution in [1.29, 1.82) is 0 Å². The lowest BCUT2D eigenvalue weighted by Gasteiger charge is -2.33. The summed E-state index contributed by atoms with van der Waals surface area (Å²) in [5, 5.41) is 10.9. The van der Waals surface area contributed by atoms with Gasteiger partial charge in [0.1, 0.15) is 11.9 Å². The number of hydrogen-bond donors (Lipinski definition) is 0. The summed E-state index contributed by atoms with van der Waals surface area (Å²) in [6.45, 7) is 3.78. The van der Waals surface area contributed by atoms with Crippen LogP contribution in [0.5, 0.6) is 0 Å². The van der Waals surface area contributed by atoms with E-state index in [4.69, 9.17) is 9.15 Å². The van der Waals surface area contributed by atoms with Gasteiger partial charge >= 0.3 is 0 Å². The van der Waals surface area contributed by atoms with Crippen molar-refractivity contribution < 1.29 is 14.1 Å². The van der Waals surface area contributed by atoms with E-state index in [0.717, 1.165) is 18.0 Å². The molecule has 1 fully saturated rings. The van der Waals surface area contributed by atoms with Crippen LogP contribution < -0.4 is 4.90 Å². The van der Waals surface area contributed by atoms with Gasteiger partial charge in [0.05, 0.1) is 24.3 Å². The molecule has 21 heavy (non-hydrogen) atoms. The van der Waals surface area contributed by atoms with E-state index in [1.54, 1.807) is 25.3 Å². The van der Waals surface area contributed by atoms with Crippen LogP contribution in [0, 0.1) is 17.0 Å². The van der Waals surface area contributed by atoms with Gasteiger partial charge in [-0.05, 0) is 31.2 Å². The fraction of sp³-hybridized carbons (Fsp3) is 0.333. The zero-order chi connectivity index (χ0) is 14.8. The standard InChI is InChI=1S/C15H16N2O4/c1-11-9-12(4-5-13(11)17(18)19)16-6-8-21-15(10-16)14-3-2-7-20-14/h2-5,7,9,15H,6,8,10H2,1H3. The number of ether oxygens (including phenoxy) is 1. The Morgan fingerprint density at radius 1 is 1.38 bits per heavy atom. The van der Waals surface area contributed by atoms with Crippen molar-refractivity contribution in [2.75, 3.05) is 24.6 Å². The van der Waals surface area contributed by atoms with E-state index in [2.05, 4.69) is 4.90 Å². The van der Waals surface area contributed by atoms with Gasteiger partial charge < -0.3 is 14.1 Å². The first-order chi connectivity index (χ1) is 10.1. The molecule has 1 aromatic carbocycles. The van der Waals surface area contributed by atoms with E-state index in [-0.39, 0.29) is 16.7 Å². The molecule has 0 N–H and O–H groups in total. The van der Waals surface area contributed by atoms with Gasteiger partial charge in [-0.3, -0.25) is 10.1 Å². The van der Waals surface area contributed by atoms with Crippen LogP contribution in [0.4, 0.5) is 11.4 Å². The highest BCUT2D eigenvalue weighted by Gasteiger charge is 2.25. The maximum Gasteiger partial charge on any atom is 0.272 e. The molecule has 0 radical (unpaired) electrons. The van der Waals surface area contributed by atoms with Crippen molar-refractivity contribution in [2.24, 2.45) is 0 Å². The van der Waals surface area contributed by atoms with Gasteiger partial charge in [0, 0.05) is 23.9 Å². The summed E-state index contributed by atoms with van der Waals surface area (Å²) in [4.78, 5) is 12.7. The van der Waals surface area contributed by atoms with Crippen molar-refractivity contribution >= 4 is 11.4 Å². The molecule has 0 amide bonds. The maximum absolute atomic E-state index is 10.9. The Kier molecular flexibility index (Phi) is 3.62. The normalized spacial score (nSPS) is 18.7. The Hall–Kier alpha value is -2.34. The lowest BCUT2D eigenvalue weighted by atomic mass is 10.1. The van der Waals surface area contributed by atoms with E-state index >= 15 is 0 Å². The first kappa shape index (κ1) is 13.6. The highest BCUT2D eigenvalue weighted by atomic mass is 16.6. The third kappa shape index (κ3) is 2.75. The minimum absolute atomic E-state index is 0.107. The van der Waals surface area contributed by atoms with E-state index < -0.39 is 0 Å². The number of nitrogens with zero attached hydrogens (tertiary/aromatic N) is 2. The van der Waals surface area contributed by atoms with E-state index in [0.29, 0.717) is 18.7 Å². The van der Waals surface area contributed by atoms with Crippen molar-refractivity contribution in [1.82, 2.24) is 0 Å². The fourth-order valence-corrected chi connectivity index (χ4v) is 2.57. The molecule has 0 bridgehead atoms. The molecule has 2 heterocycles. The van der Waals surface area contributed by atoms with Gasteiger partial charge in [-0.25, -0.2) is 0 Å². The highest BCUT2D eigenvalue weighted by molar-refractivity contribution is 5.55. The molecule has 1 unspecified atom stereocenters. The molecule has 3 rings (SSSR count). The van der Waals surface area contributed by atoms with E-state index in [9.17, 15) is 10.1 Å². The maximum atomic E-state index is 10.9. The van der Waals surface area contributed by atoms with Crippen molar-refractivity contribution in [3.05, 3.63) is 58.0 Å². The second kappa shape index (κ2) is 5.57. The average Bonchev–Trinajstić information content (AvgIpc) is 3.01. The number of anilines is 1. The van der Waals surface area contributed by atoms with Crippen LogP contribution in [0.1, 0.15) is 17.4 Å². The molecule has 2 aromatic rings. The Bertz CT molecular complexity index is 639. The summed E-state index contributed by atoms with van der Waals surface area (Å²) >= 11 is 0. The molecule has 1 aliphatic heterocycles. The smallest absolute Gasteiger partial charge is 0.272 e.